The first-order chi connectivity index (χ1) is 15.1. The fraction of sp³-hybridized carbons (Fsp3) is 0.423. The number of β-amino-alcohol motifs (C(OH)–C–C–N with tert-alkyl or cyclic N) is 1. The third kappa shape index (κ3) is 5.50. The zero-order valence-electron chi connectivity index (χ0n) is 19.9. The summed E-state index contributed by atoms with van der Waals surface area (Å²) in [4.78, 5) is 12.8. The van der Waals surface area contributed by atoms with Gasteiger partial charge in [-0.2, -0.15) is 0 Å². The van der Waals surface area contributed by atoms with Crippen LogP contribution < -0.4 is 10.1 Å². The van der Waals surface area contributed by atoms with E-state index in [1.54, 1.807) is 6.92 Å². The molecule has 0 amide bonds. The molecule has 0 aliphatic carbocycles. The van der Waals surface area contributed by atoms with Crippen LogP contribution in [0.1, 0.15) is 49.3 Å². The molecule has 2 N–H and O–H groups in total. The van der Waals surface area contributed by atoms with Crippen LogP contribution in [0.4, 0.5) is 0 Å². The number of aliphatic hydroxyl groups is 1. The van der Waals surface area contributed by atoms with Gasteiger partial charge in [-0.1, -0.05) is 17.7 Å². The fourth-order valence-electron chi connectivity index (χ4n) is 3.65. The largest absolute Gasteiger partial charge is 0.491 e. The zero-order chi connectivity index (χ0) is 23.5. The van der Waals surface area contributed by atoms with E-state index in [0.29, 0.717) is 24.5 Å². The summed E-state index contributed by atoms with van der Waals surface area (Å²) < 4.78 is 13.3. The fourth-order valence-corrected chi connectivity index (χ4v) is 3.65. The van der Waals surface area contributed by atoms with Gasteiger partial charge in [-0.25, -0.2) is 4.79 Å². The minimum atomic E-state index is -0.645. The van der Waals surface area contributed by atoms with Crippen molar-refractivity contribution in [2.24, 2.45) is 0 Å². The Morgan fingerprint density at radius 1 is 1.12 bits per heavy atom. The van der Waals surface area contributed by atoms with Gasteiger partial charge in [0, 0.05) is 28.9 Å². The topological polar surface area (TPSA) is 72.7 Å². The molecule has 0 saturated carbocycles. The van der Waals surface area contributed by atoms with Crippen LogP contribution in [-0.4, -0.2) is 47.0 Å². The lowest BCUT2D eigenvalue weighted by Gasteiger charge is -2.23. The zero-order valence-corrected chi connectivity index (χ0v) is 19.9. The molecule has 1 heterocycles. The number of aliphatic hydroxyl groups excluding tert-OH is 1. The number of carbonyl (C=O) groups is 1. The van der Waals surface area contributed by atoms with Crippen molar-refractivity contribution in [1.82, 2.24) is 9.88 Å². The van der Waals surface area contributed by atoms with E-state index in [9.17, 15) is 9.90 Å². The molecule has 1 unspecified atom stereocenters. The van der Waals surface area contributed by atoms with Crippen molar-refractivity contribution >= 4 is 16.9 Å². The minimum absolute atomic E-state index is 0.0785. The third-order valence-electron chi connectivity index (χ3n) is 5.26. The highest BCUT2D eigenvalue weighted by Crippen LogP contribution is 2.32. The van der Waals surface area contributed by atoms with Crippen LogP contribution in [0, 0.1) is 13.8 Å². The molecule has 0 aliphatic heterocycles. The van der Waals surface area contributed by atoms with Crippen molar-refractivity contribution < 1.29 is 19.4 Å². The molecule has 172 valence electrons. The number of aryl methyl sites for hydroxylation is 1. The lowest BCUT2D eigenvalue weighted by atomic mass is 10.1. The van der Waals surface area contributed by atoms with Crippen LogP contribution >= 0.6 is 0 Å². The van der Waals surface area contributed by atoms with Crippen molar-refractivity contribution in [3.63, 3.8) is 0 Å². The second kappa shape index (κ2) is 9.76. The highest BCUT2D eigenvalue weighted by Gasteiger charge is 2.22. The van der Waals surface area contributed by atoms with E-state index in [-0.39, 0.29) is 18.1 Å². The highest BCUT2D eigenvalue weighted by atomic mass is 16.5. The summed E-state index contributed by atoms with van der Waals surface area (Å²) in [6.45, 7) is 12.8. The summed E-state index contributed by atoms with van der Waals surface area (Å²) in [5, 5.41) is 14.3. The Labute approximate surface area is 190 Å². The Morgan fingerprint density at radius 3 is 2.44 bits per heavy atom. The average Bonchev–Trinajstić information content (AvgIpc) is 3.02. The Balaban J connectivity index is 1.95. The van der Waals surface area contributed by atoms with Crippen LogP contribution in [0.5, 0.6) is 5.75 Å². The first-order valence-electron chi connectivity index (χ1n) is 11.1. The van der Waals surface area contributed by atoms with Crippen LogP contribution in [0.25, 0.3) is 16.6 Å². The van der Waals surface area contributed by atoms with E-state index in [0.717, 1.165) is 22.3 Å². The van der Waals surface area contributed by atoms with Gasteiger partial charge in [0.25, 0.3) is 0 Å². The number of carbonyl (C=O) groups excluding carboxylic acids is 1. The van der Waals surface area contributed by atoms with Crippen LogP contribution in [-0.2, 0) is 4.74 Å². The third-order valence-corrected chi connectivity index (χ3v) is 5.26. The second-order valence-electron chi connectivity index (χ2n) is 9.13. The van der Waals surface area contributed by atoms with E-state index >= 15 is 0 Å². The summed E-state index contributed by atoms with van der Waals surface area (Å²) in [5.74, 6) is 0.242. The quantitative estimate of drug-likeness (QED) is 0.505. The van der Waals surface area contributed by atoms with E-state index in [4.69, 9.17) is 9.47 Å². The maximum atomic E-state index is 12.8. The van der Waals surface area contributed by atoms with Crippen molar-refractivity contribution in [1.29, 1.82) is 0 Å². The standard InChI is InChI=1S/C26H34N2O4/c1-7-31-25(30)24-18(3)28(19-10-8-17(2)9-11-19)23-13-12-21(14-22(23)24)32-16-20(29)15-27-26(4,5)6/h8-14,20,27,29H,7,15-16H2,1-6H3. The lowest BCUT2D eigenvalue weighted by molar-refractivity contribution is 0.0527. The molecule has 1 atom stereocenters. The molecule has 3 rings (SSSR count). The molecular weight excluding hydrogens is 404 g/mol. The number of esters is 1. The minimum Gasteiger partial charge on any atom is -0.491 e. The van der Waals surface area contributed by atoms with Crippen LogP contribution in [0.2, 0.25) is 0 Å². The Morgan fingerprint density at radius 2 is 1.81 bits per heavy atom. The van der Waals surface area contributed by atoms with Gasteiger partial charge in [-0.15, -0.1) is 0 Å². The number of benzene rings is 2. The average molecular weight is 439 g/mol. The number of nitrogens with one attached hydrogen (secondary N) is 1. The number of ether oxygens (including phenoxy) is 2. The second-order valence-corrected chi connectivity index (χ2v) is 9.13. The molecular formula is C26H34N2O4. The van der Waals surface area contributed by atoms with Gasteiger partial charge >= 0.3 is 5.97 Å². The summed E-state index contributed by atoms with van der Waals surface area (Å²) in [7, 11) is 0. The molecule has 3 aromatic rings. The van der Waals surface area contributed by atoms with Crippen molar-refractivity contribution in [2.75, 3.05) is 19.8 Å². The van der Waals surface area contributed by atoms with Gasteiger partial charge < -0.3 is 24.5 Å². The maximum Gasteiger partial charge on any atom is 0.340 e. The highest BCUT2D eigenvalue weighted by molar-refractivity contribution is 6.07. The molecule has 0 saturated heterocycles. The molecule has 0 bridgehead atoms. The Hall–Kier alpha value is -2.83. The monoisotopic (exact) mass is 438 g/mol. The van der Waals surface area contributed by atoms with E-state index in [2.05, 4.69) is 22.0 Å². The van der Waals surface area contributed by atoms with Crippen molar-refractivity contribution in [2.45, 2.75) is 53.2 Å². The predicted octanol–water partition coefficient (Wildman–Crippen LogP) is 4.55. The van der Waals surface area contributed by atoms with Crippen LogP contribution in [0.15, 0.2) is 42.5 Å². The van der Waals surface area contributed by atoms with Crippen LogP contribution in [0.3, 0.4) is 0 Å². The molecule has 0 fully saturated rings. The van der Waals surface area contributed by atoms with Crippen molar-refractivity contribution in [3.05, 3.63) is 59.3 Å². The smallest absolute Gasteiger partial charge is 0.340 e. The molecule has 0 radical (unpaired) electrons. The van der Waals surface area contributed by atoms with Gasteiger partial charge in [0.05, 0.1) is 17.7 Å². The normalized spacial score (nSPS) is 12.7. The number of nitrogens with zero attached hydrogens (tertiary/aromatic N) is 1. The number of aromatic nitrogens is 1. The summed E-state index contributed by atoms with van der Waals surface area (Å²) in [5.41, 5.74) is 4.31. The Bertz CT molecular complexity index is 1080. The molecule has 0 aliphatic rings. The molecule has 1 aromatic heterocycles. The van der Waals surface area contributed by atoms with Gasteiger partial charge in [-0.05, 0) is 71.9 Å². The maximum absolute atomic E-state index is 12.8. The summed E-state index contributed by atoms with van der Waals surface area (Å²) >= 11 is 0. The molecule has 6 nitrogen and oxygen atoms in total. The van der Waals surface area contributed by atoms with E-state index < -0.39 is 6.10 Å². The first kappa shape index (κ1) is 23.8. The summed E-state index contributed by atoms with van der Waals surface area (Å²) in [6.07, 6.45) is -0.645. The van der Waals surface area contributed by atoms with E-state index in [1.165, 1.54) is 5.56 Å². The number of fused-ring (bicyclic) bond motifs is 1. The predicted molar refractivity (Wildman–Crippen MR) is 128 cm³/mol. The van der Waals surface area contributed by atoms with Gasteiger partial charge in [0.2, 0.25) is 0 Å². The molecule has 2 aromatic carbocycles. The van der Waals surface area contributed by atoms with Gasteiger partial charge in [-0.3, -0.25) is 0 Å². The molecule has 6 heteroatoms. The van der Waals surface area contributed by atoms with Gasteiger partial charge in [0.1, 0.15) is 18.5 Å². The SMILES string of the molecule is CCOC(=O)c1c(C)n(-c2ccc(C)cc2)c2ccc(OCC(O)CNC(C)(C)C)cc12. The van der Waals surface area contributed by atoms with E-state index in [1.807, 2.05) is 65.0 Å². The summed E-state index contributed by atoms with van der Waals surface area (Å²) in [6, 6.07) is 13.8. The Kier molecular flexibility index (Phi) is 7.26. The van der Waals surface area contributed by atoms with Gasteiger partial charge in [0.15, 0.2) is 0 Å². The molecule has 32 heavy (non-hydrogen) atoms. The number of hydrogen-bond donors (Lipinski definition) is 2. The lowest BCUT2D eigenvalue weighted by Crippen LogP contribution is -2.42. The first-order valence-corrected chi connectivity index (χ1v) is 11.1. The molecule has 0 spiro atoms. The van der Waals surface area contributed by atoms with Crippen molar-refractivity contribution in [3.8, 4) is 11.4 Å². The number of rotatable bonds is 8. The number of hydrogen-bond acceptors (Lipinski definition) is 5.